The molecule has 150 valence electrons. The second kappa shape index (κ2) is 7.46. The zero-order valence-electron chi connectivity index (χ0n) is 16.0. The van der Waals surface area contributed by atoms with Crippen molar-refractivity contribution < 1.29 is 13.2 Å². The van der Waals surface area contributed by atoms with E-state index in [9.17, 15) is 18.0 Å². The van der Waals surface area contributed by atoms with Gasteiger partial charge in [-0.15, -0.1) is 0 Å². The summed E-state index contributed by atoms with van der Waals surface area (Å²) in [5, 5.41) is 0.673. The highest BCUT2D eigenvalue weighted by atomic mass is 32.2. The lowest BCUT2D eigenvalue weighted by Crippen LogP contribution is -2.50. The first-order valence-corrected chi connectivity index (χ1v) is 10.8. The van der Waals surface area contributed by atoms with Crippen LogP contribution < -0.4 is 5.56 Å². The molecule has 7 nitrogen and oxygen atoms in total. The summed E-state index contributed by atoms with van der Waals surface area (Å²) in [4.78, 5) is 29.6. The summed E-state index contributed by atoms with van der Waals surface area (Å²) in [6.07, 6.45) is 0. The molecule has 0 radical (unpaired) electrons. The van der Waals surface area contributed by atoms with E-state index < -0.39 is 10.0 Å². The summed E-state index contributed by atoms with van der Waals surface area (Å²) in [6.45, 7) is 2.86. The second-order valence-electron chi connectivity index (χ2n) is 7.10. The Kier molecular flexibility index (Phi) is 4.97. The predicted octanol–water partition coefficient (Wildman–Crippen LogP) is 1.98. The zero-order chi connectivity index (χ0) is 20.6. The average Bonchev–Trinajstić information content (AvgIpc) is 2.73. The molecule has 3 aromatic rings. The van der Waals surface area contributed by atoms with Crippen molar-refractivity contribution in [1.29, 1.82) is 0 Å². The molecule has 1 N–H and O–H groups in total. The number of sulfonamides is 1. The summed E-state index contributed by atoms with van der Waals surface area (Å²) in [5.41, 5.74) is 1.58. The number of hydrogen-bond donors (Lipinski definition) is 1. The minimum absolute atomic E-state index is 0.211. The molecule has 0 spiro atoms. The number of H-pyrrole nitrogens is 1. The third-order valence-corrected chi connectivity index (χ3v) is 7.08. The fourth-order valence-electron chi connectivity index (χ4n) is 3.54. The van der Waals surface area contributed by atoms with Gasteiger partial charge in [0.1, 0.15) is 0 Å². The third kappa shape index (κ3) is 3.68. The summed E-state index contributed by atoms with van der Waals surface area (Å²) in [7, 11) is -3.59. The van der Waals surface area contributed by atoms with Crippen molar-refractivity contribution in [2.75, 3.05) is 26.2 Å². The predicted molar refractivity (Wildman–Crippen MR) is 110 cm³/mol. The fraction of sp³-hybridized carbons (Fsp3) is 0.238. The Bertz CT molecular complexity index is 1220. The van der Waals surface area contributed by atoms with Gasteiger partial charge < -0.3 is 9.88 Å². The molecule has 1 aromatic heterocycles. The van der Waals surface area contributed by atoms with Gasteiger partial charge >= 0.3 is 0 Å². The van der Waals surface area contributed by atoms with Crippen LogP contribution in [0.5, 0.6) is 0 Å². The van der Waals surface area contributed by atoms with Crippen LogP contribution in [0.2, 0.25) is 0 Å². The minimum atomic E-state index is -3.59. The van der Waals surface area contributed by atoms with Crippen LogP contribution in [-0.4, -0.2) is 54.7 Å². The first kappa shape index (κ1) is 19.4. The van der Waals surface area contributed by atoms with Crippen molar-refractivity contribution in [3.63, 3.8) is 0 Å². The molecule has 4 rings (SSSR count). The lowest BCUT2D eigenvalue weighted by atomic mass is 10.1. The second-order valence-corrected chi connectivity index (χ2v) is 9.04. The molecule has 0 unspecified atom stereocenters. The van der Waals surface area contributed by atoms with E-state index in [-0.39, 0.29) is 42.5 Å². The van der Waals surface area contributed by atoms with Crippen LogP contribution in [0.25, 0.3) is 10.9 Å². The van der Waals surface area contributed by atoms with Crippen molar-refractivity contribution >= 4 is 26.8 Å². The van der Waals surface area contributed by atoms with E-state index in [0.717, 1.165) is 5.56 Å². The SMILES string of the molecule is Cc1ccc(S(=O)(=O)N2CCN(C(=O)c3cc(=O)[nH]c4ccccc34)CC2)cc1. The Morgan fingerprint density at radius 3 is 2.31 bits per heavy atom. The number of pyridine rings is 1. The van der Waals surface area contributed by atoms with Crippen molar-refractivity contribution in [1.82, 2.24) is 14.2 Å². The first-order chi connectivity index (χ1) is 13.9. The average molecular weight is 411 g/mol. The monoisotopic (exact) mass is 411 g/mol. The summed E-state index contributed by atoms with van der Waals surface area (Å²) < 4.78 is 27.1. The topological polar surface area (TPSA) is 90.6 Å². The van der Waals surface area contributed by atoms with Crippen molar-refractivity contribution in [3.05, 3.63) is 76.1 Å². The molecule has 8 heteroatoms. The molecule has 0 bridgehead atoms. The highest BCUT2D eigenvalue weighted by Gasteiger charge is 2.31. The smallest absolute Gasteiger partial charge is 0.254 e. The van der Waals surface area contributed by atoms with Gasteiger partial charge in [0.15, 0.2) is 0 Å². The molecule has 1 aliphatic rings. The number of fused-ring (bicyclic) bond motifs is 1. The van der Waals surface area contributed by atoms with Crippen molar-refractivity contribution in [2.45, 2.75) is 11.8 Å². The molecule has 2 aromatic carbocycles. The van der Waals surface area contributed by atoms with Crippen LogP contribution in [0.15, 0.2) is 64.3 Å². The Morgan fingerprint density at radius 2 is 1.62 bits per heavy atom. The maximum atomic E-state index is 13.0. The van der Waals surface area contributed by atoms with Crippen LogP contribution in [-0.2, 0) is 10.0 Å². The highest BCUT2D eigenvalue weighted by molar-refractivity contribution is 7.89. The molecule has 0 saturated carbocycles. The maximum absolute atomic E-state index is 13.0. The van der Waals surface area contributed by atoms with Gasteiger partial charge in [0.05, 0.1) is 10.5 Å². The molecule has 1 amide bonds. The number of nitrogens with one attached hydrogen (secondary N) is 1. The summed E-state index contributed by atoms with van der Waals surface area (Å²) in [6, 6.07) is 15.2. The molecule has 2 heterocycles. The number of aromatic nitrogens is 1. The third-order valence-electron chi connectivity index (χ3n) is 5.17. The molecular formula is C21H21N3O4S. The number of benzene rings is 2. The number of carbonyl (C=O) groups excluding carboxylic acids is 1. The van der Waals surface area contributed by atoms with Gasteiger partial charge in [-0.25, -0.2) is 8.42 Å². The highest BCUT2D eigenvalue weighted by Crippen LogP contribution is 2.21. The van der Waals surface area contributed by atoms with E-state index in [1.165, 1.54) is 10.4 Å². The zero-order valence-corrected chi connectivity index (χ0v) is 16.8. The van der Waals surface area contributed by atoms with Gasteiger partial charge in [-0.3, -0.25) is 9.59 Å². The quantitative estimate of drug-likeness (QED) is 0.714. The fourth-order valence-corrected chi connectivity index (χ4v) is 4.96. The van der Waals surface area contributed by atoms with E-state index in [0.29, 0.717) is 16.5 Å². The van der Waals surface area contributed by atoms with Gasteiger partial charge in [-0.05, 0) is 25.1 Å². The molecular weight excluding hydrogens is 390 g/mol. The number of piperazine rings is 1. The number of amides is 1. The van der Waals surface area contributed by atoms with Crippen LogP contribution in [0, 0.1) is 6.92 Å². The summed E-state index contributed by atoms with van der Waals surface area (Å²) >= 11 is 0. The number of hydrogen-bond acceptors (Lipinski definition) is 4. The van der Waals surface area contributed by atoms with Crippen molar-refractivity contribution in [3.8, 4) is 0 Å². The lowest BCUT2D eigenvalue weighted by Gasteiger charge is -2.34. The maximum Gasteiger partial charge on any atom is 0.254 e. The molecule has 29 heavy (non-hydrogen) atoms. The number of nitrogens with zero attached hydrogens (tertiary/aromatic N) is 2. The molecule has 1 aliphatic heterocycles. The van der Waals surface area contributed by atoms with Crippen LogP contribution in [0.1, 0.15) is 15.9 Å². The van der Waals surface area contributed by atoms with E-state index in [2.05, 4.69) is 4.98 Å². The summed E-state index contributed by atoms with van der Waals surface area (Å²) in [5.74, 6) is -0.264. The van der Waals surface area contributed by atoms with E-state index in [4.69, 9.17) is 0 Å². The number of aryl methyl sites for hydroxylation is 1. The number of carbonyl (C=O) groups is 1. The first-order valence-electron chi connectivity index (χ1n) is 9.34. The van der Waals surface area contributed by atoms with Crippen LogP contribution in [0.3, 0.4) is 0 Å². The normalized spacial score (nSPS) is 15.6. The van der Waals surface area contributed by atoms with Gasteiger partial charge in [0.2, 0.25) is 15.6 Å². The van der Waals surface area contributed by atoms with Gasteiger partial charge in [-0.2, -0.15) is 4.31 Å². The van der Waals surface area contributed by atoms with Gasteiger partial charge in [0.25, 0.3) is 5.91 Å². The van der Waals surface area contributed by atoms with Crippen molar-refractivity contribution in [2.24, 2.45) is 0 Å². The Hall–Kier alpha value is -2.97. The van der Waals surface area contributed by atoms with Crippen LogP contribution in [0.4, 0.5) is 0 Å². The van der Waals surface area contributed by atoms with E-state index >= 15 is 0 Å². The Morgan fingerprint density at radius 1 is 0.966 bits per heavy atom. The molecule has 1 saturated heterocycles. The molecule has 0 atom stereocenters. The minimum Gasteiger partial charge on any atom is -0.336 e. The largest absolute Gasteiger partial charge is 0.336 e. The number of rotatable bonds is 3. The van der Waals surface area contributed by atoms with Gasteiger partial charge in [-0.1, -0.05) is 35.9 Å². The number of para-hydroxylation sites is 1. The van der Waals surface area contributed by atoms with Gasteiger partial charge in [0, 0.05) is 43.1 Å². The van der Waals surface area contributed by atoms with Crippen LogP contribution >= 0.6 is 0 Å². The molecule has 0 aliphatic carbocycles. The number of aromatic amines is 1. The lowest BCUT2D eigenvalue weighted by molar-refractivity contribution is 0.0699. The Labute approximate surface area is 168 Å². The Balaban J connectivity index is 1.54. The standard InChI is InChI=1S/C21H21N3O4S/c1-15-6-8-16(9-7-15)29(27,28)24-12-10-23(11-13-24)21(26)18-14-20(25)22-19-5-3-2-4-17(18)19/h2-9,14H,10-13H2,1H3,(H,22,25). The van der Waals surface area contributed by atoms with E-state index in [1.807, 2.05) is 13.0 Å². The molecule has 1 fully saturated rings. The van der Waals surface area contributed by atoms with E-state index in [1.54, 1.807) is 47.4 Å².